The van der Waals surface area contributed by atoms with E-state index in [1.807, 2.05) is 30.3 Å². The second-order valence-corrected chi connectivity index (χ2v) is 8.90. The van der Waals surface area contributed by atoms with Gasteiger partial charge in [-0.15, -0.1) is 0 Å². The summed E-state index contributed by atoms with van der Waals surface area (Å²) < 4.78 is 8.17. The number of aromatic nitrogens is 3. The van der Waals surface area contributed by atoms with Crippen molar-refractivity contribution in [3.8, 4) is 11.4 Å². The molecule has 1 heterocycles. The van der Waals surface area contributed by atoms with E-state index < -0.39 is 0 Å². The van der Waals surface area contributed by atoms with Gasteiger partial charge >= 0.3 is 0 Å². The van der Waals surface area contributed by atoms with Gasteiger partial charge in [-0.1, -0.05) is 41.9 Å². The largest absolute Gasteiger partial charge is 0.373 e. The first-order valence-electron chi connectivity index (χ1n) is 9.80. The molecule has 0 spiro atoms. The van der Waals surface area contributed by atoms with Crippen LogP contribution in [-0.4, -0.2) is 26.5 Å². The summed E-state index contributed by atoms with van der Waals surface area (Å²) in [4.78, 5) is 4.91. The average molecular weight is 396 g/mol. The zero-order chi connectivity index (χ0) is 19.7. The molecule has 1 saturated carbocycles. The molecule has 5 heteroatoms. The number of halogens is 1. The Morgan fingerprint density at radius 1 is 1.04 bits per heavy atom. The van der Waals surface area contributed by atoms with Gasteiger partial charge in [-0.25, -0.2) is 9.67 Å². The molecule has 1 aliphatic carbocycles. The van der Waals surface area contributed by atoms with Crippen LogP contribution in [0.2, 0.25) is 5.02 Å². The van der Waals surface area contributed by atoms with Crippen LogP contribution in [0.3, 0.4) is 0 Å². The molecule has 0 atom stereocenters. The summed E-state index contributed by atoms with van der Waals surface area (Å²) in [6.45, 7) is 7.04. The molecule has 1 aromatic heterocycles. The van der Waals surface area contributed by atoms with Gasteiger partial charge in [-0.3, -0.25) is 0 Å². The number of hydrogen-bond donors (Lipinski definition) is 0. The van der Waals surface area contributed by atoms with Crippen molar-refractivity contribution in [3.05, 3.63) is 71.0 Å². The molecule has 146 valence electrons. The van der Waals surface area contributed by atoms with Crippen LogP contribution >= 0.6 is 11.6 Å². The lowest BCUT2D eigenvalue weighted by Gasteiger charge is -2.38. The third-order valence-corrected chi connectivity index (χ3v) is 5.21. The summed E-state index contributed by atoms with van der Waals surface area (Å²) in [6.07, 6.45) is 2.28. The molecule has 0 bridgehead atoms. The molecule has 1 fully saturated rings. The first-order chi connectivity index (χ1) is 13.4. The molecule has 4 rings (SSSR count). The Balaban J connectivity index is 1.59. The molecule has 0 N–H and O–H groups in total. The Morgan fingerprint density at radius 2 is 1.71 bits per heavy atom. The summed E-state index contributed by atoms with van der Waals surface area (Å²) in [6, 6.07) is 18.1. The Kier molecular flexibility index (Phi) is 5.26. The lowest BCUT2D eigenvalue weighted by Crippen LogP contribution is -2.37. The first kappa shape index (κ1) is 19.2. The van der Waals surface area contributed by atoms with E-state index >= 15 is 0 Å². The van der Waals surface area contributed by atoms with Gasteiger partial charge in [0.05, 0.1) is 18.2 Å². The van der Waals surface area contributed by atoms with Crippen LogP contribution in [0.1, 0.15) is 50.9 Å². The monoisotopic (exact) mass is 395 g/mol. The second-order valence-electron chi connectivity index (χ2n) is 8.46. The quantitative estimate of drug-likeness (QED) is 0.555. The van der Waals surface area contributed by atoms with E-state index in [-0.39, 0.29) is 5.60 Å². The van der Waals surface area contributed by atoms with Crippen molar-refractivity contribution in [3.63, 3.8) is 0 Å². The van der Waals surface area contributed by atoms with Crippen molar-refractivity contribution in [1.82, 2.24) is 14.8 Å². The van der Waals surface area contributed by atoms with Gasteiger partial charge in [0.1, 0.15) is 5.82 Å². The standard InChI is InChI=1S/C23H26ClN3O/c1-23(2,3)28-20-13-18(14-20)22-25-21(17-9-11-19(24)12-10-17)26-27(22)15-16-7-5-4-6-8-16/h4-12,18,20H,13-15H2,1-3H3. The summed E-state index contributed by atoms with van der Waals surface area (Å²) in [5.74, 6) is 2.18. The van der Waals surface area contributed by atoms with E-state index in [0.29, 0.717) is 17.0 Å². The molecule has 0 unspecified atom stereocenters. The fourth-order valence-electron chi connectivity index (χ4n) is 3.62. The van der Waals surface area contributed by atoms with E-state index in [1.54, 1.807) is 0 Å². The van der Waals surface area contributed by atoms with Crippen LogP contribution in [0.15, 0.2) is 54.6 Å². The lowest BCUT2D eigenvalue weighted by molar-refractivity contribution is -0.100. The molecule has 0 amide bonds. The van der Waals surface area contributed by atoms with Gasteiger partial charge in [0, 0.05) is 16.5 Å². The molecular weight excluding hydrogens is 370 g/mol. The predicted molar refractivity (Wildman–Crippen MR) is 113 cm³/mol. The summed E-state index contributed by atoms with van der Waals surface area (Å²) >= 11 is 6.03. The Morgan fingerprint density at radius 3 is 2.36 bits per heavy atom. The molecular formula is C23H26ClN3O. The Labute approximate surface area is 171 Å². The zero-order valence-electron chi connectivity index (χ0n) is 16.6. The lowest BCUT2D eigenvalue weighted by atomic mass is 9.81. The van der Waals surface area contributed by atoms with Gasteiger partial charge in [0.15, 0.2) is 5.82 Å². The number of benzene rings is 2. The van der Waals surface area contributed by atoms with Crippen LogP contribution in [0.4, 0.5) is 0 Å². The minimum absolute atomic E-state index is 0.109. The zero-order valence-corrected chi connectivity index (χ0v) is 17.4. The highest BCUT2D eigenvalue weighted by molar-refractivity contribution is 6.30. The number of nitrogens with zero attached hydrogens (tertiary/aromatic N) is 3. The highest BCUT2D eigenvalue weighted by Crippen LogP contribution is 2.40. The van der Waals surface area contributed by atoms with Gasteiger partial charge in [0.25, 0.3) is 0 Å². The molecule has 3 aromatic rings. The van der Waals surface area contributed by atoms with Gasteiger partial charge in [-0.2, -0.15) is 5.10 Å². The molecule has 2 aromatic carbocycles. The molecule has 4 nitrogen and oxygen atoms in total. The minimum Gasteiger partial charge on any atom is -0.373 e. The van der Waals surface area contributed by atoms with Crippen molar-refractivity contribution in [2.24, 2.45) is 0 Å². The third-order valence-electron chi connectivity index (χ3n) is 4.96. The fraction of sp³-hybridized carbons (Fsp3) is 0.391. The molecule has 0 aliphatic heterocycles. The van der Waals surface area contributed by atoms with Crippen LogP contribution in [0, 0.1) is 0 Å². The molecule has 28 heavy (non-hydrogen) atoms. The Hall–Kier alpha value is -2.17. The van der Waals surface area contributed by atoms with Crippen molar-refractivity contribution in [2.45, 2.75) is 57.8 Å². The summed E-state index contributed by atoms with van der Waals surface area (Å²) in [5, 5.41) is 5.55. The second kappa shape index (κ2) is 7.69. The summed E-state index contributed by atoms with van der Waals surface area (Å²) in [5.41, 5.74) is 2.10. The third kappa shape index (κ3) is 4.45. The van der Waals surface area contributed by atoms with E-state index in [2.05, 4.69) is 49.7 Å². The summed E-state index contributed by atoms with van der Waals surface area (Å²) in [7, 11) is 0. The van der Waals surface area contributed by atoms with Crippen LogP contribution < -0.4 is 0 Å². The first-order valence-corrected chi connectivity index (χ1v) is 10.2. The van der Waals surface area contributed by atoms with Gasteiger partial charge < -0.3 is 4.74 Å². The normalized spacial score (nSPS) is 19.4. The minimum atomic E-state index is -0.109. The van der Waals surface area contributed by atoms with E-state index in [9.17, 15) is 0 Å². The molecule has 0 saturated heterocycles. The fourth-order valence-corrected chi connectivity index (χ4v) is 3.75. The maximum Gasteiger partial charge on any atom is 0.181 e. The van der Waals surface area contributed by atoms with Crippen LogP contribution in [-0.2, 0) is 11.3 Å². The number of ether oxygens (including phenoxy) is 1. The maximum atomic E-state index is 6.12. The van der Waals surface area contributed by atoms with Gasteiger partial charge in [0.2, 0.25) is 0 Å². The SMILES string of the molecule is CC(C)(C)OC1CC(c2nc(-c3ccc(Cl)cc3)nn2Cc2ccccc2)C1. The molecule has 1 aliphatic rings. The topological polar surface area (TPSA) is 39.9 Å². The number of hydrogen-bond acceptors (Lipinski definition) is 3. The molecule has 0 radical (unpaired) electrons. The smallest absolute Gasteiger partial charge is 0.181 e. The predicted octanol–water partition coefficient (Wildman–Crippen LogP) is 5.71. The number of rotatable bonds is 5. The van der Waals surface area contributed by atoms with Crippen molar-refractivity contribution >= 4 is 11.6 Å². The Bertz CT molecular complexity index is 923. The van der Waals surface area contributed by atoms with Gasteiger partial charge in [-0.05, 0) is 63.4 Å². The van der Waals surface area contributed by atoms with Crippen molar-refractivity contribution < 1.29 is 4.74 Å². The van der Waals surface area contributed by atoms with E-state index in [1.165, 1.54) is 5.56 Å². The van der Waals surface area contributed by atoms with Crippen LogP contribution in [0.5, 0.6) is 0 Å². The van der Waals surface area contributed by atoms with Crippen molar-refractivity contribution in [1.29, 1.82) is 0 Å². The van der Waals surface area contributed by atoms with E-state index in [0.717, 1.165) is 36.6 Å². The van der Waals surface area contributed by atoms with Crippen molar-refractivity contribution in [2.75, 3.05) is 0 Å². The highest BCUT2D eigenvalue weighted by atomic mass is 35.5. The maximum absolute atomic E-state index is 6.12. The highest BCUT2D eigenvalue weighted by Gasteiger charge is 2.37. The average Bonchev–Trinajstić information content (AvgIpc) is 3.02. The van der Waals surface area contributed by atoms with Crippen LogP contribution in [0.25, 0.3) is 11.4 Å². The van der Waals surface area contributed by atoms with E-state index in [4.69, 9.17) is 26.4 Å².